The van der Waals surface area contributed by atoms with Crippen LogP contribution in [-0.4, -0.2) is 33.6 Å². The fourth-order valence-corrected chi connectivity index (χ4v) is 8.02. The monoisotopic (exact) mass is 322 g/mol. The zero-order valence-electron chi connectivity index (χ0n) is 15.0. The number of fused-ring (bicyclic) bond motifs is 3. The van der Waals surface area contributed by atoms with E-state index in [1.807, 2.05) is 0 Å². The fourth-order valence-electron chi connectivity index (χ4n) is 8.02. The third-order valence-electron chi connectivity index (χ3n) is 9.12. The summed E-state index contributed by atoms with van der Waals surface area (Å²) in [5.74, 6) is 1.53. The van der Waals surface area contributed by atoms with Gasteiger partial charge in [0, 0.05) is 0 Å². The molecule has 0 aromatic carbocycles. The molecule has 1 unspecified atom stereocenters. The topological polar surface area (TPSA) is 60.7 Å². The third kappa shape index (κ3) is 1.93. The predicted octanol–water partition coefficient (Wildman–Crippen LogP) is 3.11. The zero-order chi connectivity index (χ0) is 16.7. The largest absolute Gasteiger partial charge is 0.393 e. The van der Waals surface area contributed by atoms with Crippen molar-refractivity contribution in [3.8, 4) is 0 Å². The Kier molecular flexibility index (Phi) is 3.37. The van der Waals surface area contributed by atoms with Crippen LogP contribution in [0.4, 0.5) is 0 Å². The Bertz CT molecular complexity index is 503. The van der Waals surface area contributed by atoms with Gasteiger partial charge < -0.3 is 15.3 Å². The lowest BCUT2D eigenvalue weighted by Gasteiger charge is -2.64. The van der Waals surface area contributed by atoms with Gasteiger partial charge in [0.25, 0.3) is 0 Å². The molecule has 4 rings (SSSR count). The second kappa shape index (κ2) is 4.74. The highest BCUT2D eigenvalue weighted by atomic mass is 16.3. The van der Waals surface area contributed by atoms with Crippen LogP contribution in [0.2, 0.25) is 0 Å². The average molecular weight is 322 g/mol. The second-order valence-electron chi connectivity index (χ2n) is 10.3. The molecule has 4 saturated carbocycles. The van der Waals surface area contributed by atoms with Crippen LogP contribution in [0.3, 0.4) is 0 Å². The van der Waals surface area contributed by atoms with Crippen LogP contribution in [0.5, 0.6) is 0 Å². The number of rotatable bonds is 1. The summed E-state index contributed by atoms with van der Waals surface area (Å²) in [6.07, 6.45) is 8.39. The first-order valence-corrected chi connectivity index (χ1v) is 9.69. The van der Waals surface area contributed by atoms with Crippen LogP contribution in [0.1, 0.15) is 72.1 Å². The maximum absolute atomic E-state index is 10.9. The molecule has 7 atom stereocenters. The molecule has 0 saturated heterocycles. The van der Waals surface area contributed by atoms with Gasteiger partial charge >= 0.3 is 0 Å². The van der Waals surface area contributed by atoms with Crippen molar-refractivity contribution in [2.45, 2.75) is 83.8 Å². The molecule has 4 aliphatic carbocycles. The molecular weight excluding hydrogens is 288 g/mol. The molecule has 0 aromatic rings. The molecule has 2 bridgehead atoms. The quantitative estimate of drug-likeness (QED) is 0.695. The van der Waals surface area contributed by atoms with Crippen LogP contribution < -0.4 is 0 Å². The van der Waals surface area contributed by atoms with E-state index in [1.54, 1.807) is 0 Å². The summed E-state index contributed by atoms with van der Waals surface area (Å²) >= 11 is 0. The van der Waals surface area contributed by atoms with E-state index in [-0.39, 0.29) is 29.0 Å². The van der Waals surface area contributed by atoms with Crippen molar-refractivity contribution in [1.82, 2.24) is 0 Å². The van der Waals surface area contributed by atoms with Gasteiger partial charge in [-0.25, -0.2) is 0 Å². The fraction of sp³-hybridized carbons (Fsp3) is 1.00. The molecule has 0 heterocycles. The van der Waals surface area contributed by atoms with Gasteiger partial charge in [-0.2, -0.15) is 0 Å². The highest BCUT2D eigenvalue weighted by Gasteiger charge is 2.67. The smallest absolute Gasteiger partial charge is 0.0910 e. The van der Waals surface area contributed by atoms with Gasteiger partial charge in [0.05, 0.1) is 18.3 Å². The molecule has 3 heteroatoms. The Balaban J connectivity index is 1.72. The molecule has 0 aromatic heterocycles. The summed E-state index contributed by atoms with van der Waals surface area (Å²) in [6, 6.07) is 0. The number of hydrogen-bond acceptors (Lipinski definition) is 3. The number of hydrogen-bond donors (Lipinski definition) is 3. The van der Waals surface area contributed by atoms with E-state index in [4.69, 9.17) is 0 Å². The first-order chi connectivity index (χ1) is 10.7. The highest BCUT2D eigenvalue weighted by Crippen LogP contribution is 2.72. The van der Waals surface area contributed by atoms with E-state index < -0.39 is 5.60 Å². The molecule has 0 radical (unpaired) electrons. The van der Waals surface area contributed by atoms with E-state index in [0.717, 1.165) is 32.1 Å². The van der Waals surface area contributed by atoms with E-state index in [1.165, 1.54) is 19.3 Å². The van der Waals surface area contributed by atoms with Crippen molar-refractivity contribution in [2.75, 3.05) is 6.61 Å². The normalized spacial score (nSPS) is 57.7. The minimum Gasteiger partial charge on any atom is -0.393 e. The summed E-state index contributed by atoms with van der Waals surface area (Å²) in [7, 11) is 0. The molecule has 4 aliphatic rings. The van der Waals surface area contributed by atoms with Crippen LogP contribution in [0.15, 0.2) is 0 Å². The Hall–Kier alpha value is -0.120. The van der Waals surface area contributed by atoms with E-state index in [0.29, 0.717) is 17.8 Å². The molecule has 23 heavy (non-hydrogen) atoms. The zero-order valence-corrected chi connectivity index (χ0v) is 15.0. The Morgan fingerprint density at radius 1 is 0.957 bits per heavy atom. The van der Waals surface area contributed by atoms with Gasteiger partial charge in [0.15, 0.2) is 0 Å². The molecule has 4 fully saturated rings. The van der Waals surface area contributed by atoms with Crippen LogP contribution in [0, 0.1) is 34.0 Å². The third-order valence-corrected chi connectivity index (χ3v) is 9.12. The van der Waals surface area contributed by atoms with E-state index >= 15 is 0 Å². The molecule has 132 valence electrons. The van der Waals surface area contributed by atoms with E-state index in [9.17, 15) is 15.3 Å². The number of aliphatic hydroxyl groups excluding tert-OH is 2. The van der Waals surface area contributed by atoms with Crippen molar-refractivity contribution in [1.29, 1.82) is 0 Å². The van der Waals surface area contributed by atoms with Gasteiger partial charge in [-0.05, 0) is 85.4 Å². The Morgan fingerprint density at radius 2 is 1.70 bits per heavy atom. The van der Waals surface area contributed by atoms with Crippen molar-refractivity contribution in [2.24, 2.45) is 34.0 Å². The van der Waals surface area contributed by atoms with E-state index in [2.05, 4.69) is 20.8 Å². The summed E-state index contributed by atoms with van der Waals surface area (Å²) in [5.41, 5.74) is -0.310. The summed E-state index contributed by atoms with van der Waals surface area (Å²) in [4.78, 5) is 0. The second-order valence-corrected chi connectivity index (χ2v) is 10.3. The standard InChI is InChI=1S/C20H34O3/c1-17(2)14-6-9-19-10-13(20(23,11-19)12-21)4-5-15(19)18(14,3)8-7-16(17)22/h13-16,21-23H,4-12H2,1-3H3/t13-,14+,15-,16?,18+,19-,20+/m0/s1. The molecule has 1 spiro atoms. The summed E-state index contributed by atoms with van der Waals surface area (Å²) in [5, 5.41) is 31.3. The molecule has 3 nitrogen and oxygen atoms in total. The minimum atomic E-state index is -0.832. The van der Waals surface area contributed by atoms with Crippen LogP contribution >= 0.6 is 0 Å². The van der Waals surface area contributed by atoms with Crippen molar-refractivity contribution in [3.63, 3.8) is 0 Å². The Morgan fingerprint density at radius 3 is 2.39 bits per heavy atom. The maximum atomic E-state index is 10.9. The lowest BCUT2D eigenvalue weighted by molar-refractivity contribution is -0.180. The summed E-state index contributed by atoms with van der Waals surface area (Å²) in [6.45, 7) is 6.94. The van der Waals surface area contributed by atoms with Gasteiger partial charge in [0.1, 0.15) is 0 Å². The summed E-state index contributed by atoms with van der Waals surface area (Å²) < 4.78 is 0. The SMILES string of the molecule is CC1(C)C(O)CC[C@]2(C)[C@@H]1CC[C@@]13C[C@H](CC[C@H]12)[C@](O)(CO)C3. The van der Waals surface area contributed by atoms with Crippen LogP contribution in [0.25, 0.3) is 0 Å². The van der Waals surface area contributed by atoms with Crippen LogP contribution in [-0.2, 0) is 0 Å². The van der Waals surface area contributed by atoms with Gasteiger partial charge in [-0.1, -0.05) is 20.8 Å². The van der Waals surface area contributed by atoms with Gasteiger partial charge in [0.2, 0.25) is 0 Å². The van der Waals surface area contributed by atoms with Crippen molar-refractivity contribution < 1.29 is 15.3 Å². The first-order valence-electron chi connectivity index (χ1n) is 9.69. The predicted molar refractivity (Wildman–Crippen MR) is 89.8 cm³/mol. The maximum Gasteiger partial charge on any atom is 0.0910 e. The number of aliphatic hydroxyl groups is 3. The molecule has 0 amide bonds. The molecule has 3 N–H and O–H groups in total. The van der Waals surface area contributed by atoms with Gasteiger partial charge in [-0.3, -0.25) is 0 Å². The minimum absolute atomic E-state index is 0.00263. The lowest BCUT2D eigenvalue weighted by Crippen LogP contribution is -2.59. The van der Waals surface area contributed by atoms with Crippen molar-refractivity contribution in [3.05, 3.63) is 0 Å². The van der Waals surface area contributed by atoms with Gasteiger partial charge in [-0.15, -0.1) is 0 Å². The molecular formula is C20H34O3. The van der Waals surface area contributed by atoms with Crippen molar-refractivity contribution >= 4 is 0 Å². The highest BCUT2D eigenvalue weighted by molar-refractivity contribution is 5.17. The molecule has 0 aliphatic heterocycles. The Labute approximate surface area is 140 Å². The average Bonchev–Trinajstić information content (AvgIpc) is 2.70. The lowest BCUT2D eigenvalue weighted by atomic mass is 9.41. The first kappa shape index (κ1) is 16.4.